The summed E-state index contributed by atoms with van der Waals surface area (Å²) in [7, 11) is 0. The van der Waals surface area contributed by atoms with Crippen molar-refractivity contribution < 1.29 is 8.81 Å². The van der Waals surface area contributed by atoms with Gasteiger partial charge in [-0.3, -0.25) is 4.79 Å². The molecule has 6 nitrogen and oxygen atoms in total. The second kappa shape index (κ2) is 6.08. The Kier molecular flexibility index (Phi) is 3.96. The minimum atomic E-state index is -0.466. The van der Waals surface area contributed by atoms with Crippen molar-refractivity contribution in [2.45, 2.75) is 20.4 Å². The summed E-state index contributed by atoms with van der Waals surface area (Å²) in [5.41, 5.74) is 1.90. The average molecular weight is 324 g/mol. The number of hydrogen-bond acceptors (Lipinski definition) is 5. The Balaban J connectivity index is 1.94. The Hall–Kier alpha value is -3.27. The Morgan fingerprint density at radius 2 is 2.00 bits per heavy atom. The maximum atomic E-state index is 13.0. The van der Waals surface area contributed by atoms with Gasteiger partial charge in [0.05, 0.1) is 12.2 Å². The van der Waals surface area contributed by atoms with E-state index in [1.165, 1.54) is 23.1 Å². The normalized spacial score (nSPS) is 10.6. The maximum absolute atomic E-state index is 13.0. The third-order valence-corrected chi connectivity index (χ3v) is 3.70. The van der Waals surface area contributed by atoms with Crippen LogP contribution in [0.25, 0.3) is 11.5 Å². The van der Waals surface area contributed by atoms with Gasteiger partial charge >= 0.3 is 0 Å². The third-order valence-electron chi connectivity index (χ3n) is 3.70. The van der Waals surface area contributed by atoms with E-state index >= 15 is 0 Å². The quantitative estimate of drug-likeness (QED) is 0.739. The first-order chi connectivity index (χ1) is 11.5. The van der Waals surface area contributed by atoms with Crippen molar-refractivity contribution >= 4 is 0 Å². The minimum Gasteiger partial charge on any atom is -0.444 e. The Bertz CT molecular complexity index is 997. The summed E-state index contributed by atoms with van der Waals surface area (Å²) < 4.78 is 19.5. The van der Waals surface area contributed by atoms with Crippen LogP contribution in [0.3, 0.4) is 0 Å². The number of oxazole rings is 1. The van der Waals surface area contributed by atoms with Crippen molar-refractivity contribution in [1.29, 1.82) is 5.26 Å². The monoisotopic (exact) mass is 324 g/mol. The van der Waals surface area contributed by atoms with Crippen molar-refractivity contribution in [3.05, 3.63) is 69.2 Å². The van der Waals surface area contributed by atoms with Crippen LogP contribution >= 0.6 is 0 Å². The molecule has 0 fully saturated rings. The fourth-order valence-electron chi connectivity index (χ4n) is 2.27. The molecule has 2 aromatic heterocycles. The SMILES string of the molecule is Cc1nn(Cc2coc(-c3ccc(F)cc3)n2)c(=O)c(C#N)c1C. The smallest absolute Gasteiger partial charge is 0.285 e. The second-order valence-corrected chi connectivity index (χ2v) is 5.31. The third kappa shape index (κ3) is 2.82. The fraction of sp³-hybridized carbons (Fsp3) is 0.176. The van der Waals surface area contributed by atoms with Crippen molar-refractivity contribution in [2.75, 3.05) is 0 Å². The van der Waals surface area contributed by atoms with E-state index in [-0.39, 0.29) is 17.9 Å². The van der Waals surface area contributed by atoms with Gasteiger partial charge in [0.1, 0.15) is 29.4 Å². The van der Waals surface area contributed by atoms with Crippen molar-refractivity contribution in [3.8, 4) is 17.5 Å². The molecule has 7 heteroatoms. The summed E-state index contributed by atoms with van der Waals surface area (Å²) in [6.45, 7) is 3.51. The number of hydrogen-bond donors (Lipinski definition) is 0. The van der Waals surface area contributed by atoms with Crippen LogP contribution in [0.5, 0.6) is 0 Å². The van der Waals surface area contributed by atoms with Crippen LogP contribution in [0.4, 0.5) is 4.39 Å². The Labute approximate surface area is 136 Å². The number of nitriles is 1. The molecular formula is C17H13FN4O2. The fourth-order valence-corrected chi connectivity index (χ4v) is 2.27. The molecule has 3 rings (SSSR count). The molecule has 24 heavy (non-hydrogen) atoms. The van der Waals surface area contributed by atoms with E-state index in [4.69, 9.17) is 9.68 Å². The lowest BCUT2D eigenvalue weighted by atomic mass is 10.1. The lowest BCUT2D eigenvalue weighted by Gasteiger charge is -2.07. The Morgan fingerprint density at radius 1 is 1.29 bits per heavy atom. The highest BCUT2D eigenvalue weighted by atomic mass is 19.1. The molecule has 0 atom stereocenters. The largest absolute Gasteiger partial charge is 0.444 e. The zero-order valence-electron chi connectivity index (χ0n) is 13.1. The molecule has 0 saturated heterocycles. The first-order valence-electron chi connectivity index (χ1n) is 7.18. The molecule has 0 amide bonds. The summed E-state index contributed by atoms with van der Waals surface area (Å²) in [5, 5.41) is 13.3. The molecular weight excluding hydrogens is 311 g/mol. The standard InChI is InChI=1S/C17H13FN4O2/c1-10-11(2)21-22(17(23)15(10)7-19)8-14-9-24-16(20-14)12-3-5-13(18)6-4-12/h3-6,9H,8H2,1-2H3. The molecule has 0 aliphatic heterocycles. The van der Waals surface area contributed by atoms with Crippen LogP contribution in [0, 0.1) is 31.0 Å². The van der Waals surface area contributed by atoms with Crippen molar-refractivity contribution in [3.63, 3.8) is 0 Å². The Morgan fingerprint density at radius 3 is 2.67 bits per heavy atom. The van der Waals surface area contributed by atoms with E-state index in [9.17, 15) is 9.18 Å². The number of rotatable bonds is 3. The highest BCUT2D eigenvalue weighted by Gasteiger charge is 2.14. The zero-order valence-corrected chi connectivity index (χ0v) is 13.1. The van der Waals surface area contributed by atoms with Crippen LogP contribution in [-0.2, 0) is 6.54 Å². The molecule has 1 aromatic carbocycles. The molecule has 0 aliphatic rings. The van der Waals surface area contributed by atoms with Gasteiger partial charge in [-0.15, -0.1) is 0 Å². The number of halogens is 1. The number of aryl methyl sites for hydroxylation is 1. The predicted octanol–water partition coefficient (Wildman–Crippen LogP) is 2.57. The van der Waals surface area contributed by atoms with Crippen molar-refractivity contribution in [2.24, 2.45) is 0 Å². The van der Waals surface area contributed by atoms with Gasteiger partial charge in [-0.25, -0.2) is 14.1 Å². The maximum Gasteiger partial charge on any atom is 0.285 e. The molecule has 0 bridgehead atoms. The van der Waals surface area contributed by atoms with Gasteiger partial charge in [0.25, 0.3) is 5.56 Å². The summed E-state index contributed by atoms with van der Waals surface area (Å²) in [5.74, 6) is -0.0252. The first kappa shape index (κ1) is 15.6. The summed E-state index contributed by atoms with van der Waals surface area (Å²) in [6, 6.07) is 7.65. The van der Waals surface area contributed by atoms with Gasteiger partial charge < -0.3 is 4.42 Å². The topological polar surface area (TPSA) is 84.7 Å². The van der Waals surface area contributed by atoms with Crippen LogP contribution in [-0.4, -0.2) is 14.8 Å². The molecule has 0 N–H and O–H groups in total. The summed E-state index contributed by atoms with van der Waals surface area (Å²) >= 11 is 0. The second-order valence-electron chi connectivity index (χ2n) is 5.31. The lowest BCUT2D eigenvalue weighted by molar-refractivity contribution is 0.565. The predicted molar refractivity (Wildman–Crippen MR) is 83.7 cm³/mol. The number of aromatic nitrogens is 3. The highest BCUT2D eigenvalue weighted by Crippen LogP contribution is 2.19. The minimum absolute atomic E-state index is 0.0738. The average Bonchev–Trinajstić information content (AvgIpc) is 3.02. The van der Waals surface area contributed by atoms with Gasteiger partial charge in [-0.1, -0.05) is 0 Å². The van der Waals surface area contributed by atoms with Crippen LogP contribution in [0.15, 0.2) is 39.7 Å². The van der Waals surface area contributed by atoms with Gasteiger partial charge in [0, 0.05) is 5.56 Å². The van der Waals surface area contributed by atoms with E-state index < -0.39 is 5.56 Å². The van der Waals surface area contributed by atoms with Gasteiger partial charge in [0.2, 0.25) is 5.89 Å². The van der Waals surface area contributed by atoms with E-state index in [1.807, 2.05) is 6.07 Å². The van der Waals surface area contributed by atoms with Crippen LogP contribution in [0.1, 0.15) is 22.5 Å². The van der Waals surface area contributed by atoms with Gasteiger partial charge in [0.15, 0.2) is 0 Å². The van der Waals surface area contributed by atoms with E-state index in [0.29, 0.717) is 28.4 Å². The highest BCUT2D eigenvalue weighted by molar-refractivity contribution is 5.52. The lowest BCUT2D eigenvalue weighted by Crippen LogP contribution is -2.28. The number of nitrogens with zero attached hydrogens (tertiary/aromatic N) is 4. The molecule has 2 heterocycles. The van der Waals surface area contributed by atoms with Crippen LogP contribution < -0.4 is 5.56 Å². The first-order valence-corrected chi connectivity index (χ1v) is 7.18. The van der Waals surface area contributed by atoms with E-state index in [2.05, 4.69) is 10.1 Å². The number of benzene rings is 1. The van der Waals surface area contributed by atoms with Gasteiger partial charge in [-0.2, -0.15) is 10.4 Å². The molecule has 0 spiro atoms. The molecule has 0 saturated carbocycles. The van der Waals surface area contributed by atoms with Crippen molar-refractivity contribution in [1.82, 2.24) is 14.8 Å². The summed E-state index contributed by atoms with van der Waals surface area (Å²) in [4.78, 5) is 16.6. The molecule has 120 valence electrons. The molecule has 0 aliphatic carbocycles. The zero-order chi connectivity index (χ0) is 17.3. The van der Waals surface area contributed by atoms with Crippen LogP contribution in [0.2, 0.25) is 0 Å². The van der Waals surface area contributed by atoms with Gasteiger partial charge in [-0.05, 0) is 43.7 Å². The molecule has 0 radical (unpaired) electrons. The van der Waals surface area contributed by atoms with E-state index in [1.54, 1.807) is 26.0 Å². The molecule has 3 aromatic rings. The summed E-state index contributed by atoms with van der Waals surface area (Å²) in [6.07, 6.45) is 1.41. The molecule has 0 unspecified atom stereocenters. The van der Waals surface area contributed by atoms with E-state index in [0.717, 1.165) is 0 Å².